The van der Waals surface area contributed by atoms with E-state index >= 15 is 0 Å². The third-order valence-electron chi connectivity index (χ3n) is 7.63. The second-order valence-electron chi connectivity index (χ2n) is 9.89. The first-order chi connectivity index (χ1) is 17.2. The number of likely N-dealkylation sites (tertiary alicyclic amines) is 1. The summed E-state index contributed by atoms with van der Waals surface area (Å²) in [5.41, 5.74) is 9.90. The molecule has 0 radical (unpaired) electrons. The predicted octanol–water partition coefficient (Wildman–Crippen LogP) is 4.92. The molecule has 6 rings (SSSR count). The molecule has 0 bridgehead atoms. The van der Waals surface area contributed by atoms with Gasteiger partial charge in [0.25, 0.3) is 0 Å². The third kappa shape index (κ3) is 4.27. The molecule has 0 spiro atoms. The van der Waals surface area contributed by atoms with E-state index in [1.54, 1.807) is 7.11 Å². The van der Waals surface area contributed by atoms with Crippen molar-refractivity contribution in [2.75, 3.05) is 33.4 Å². The molecule has 1 aliphatic carbocycles. The van der Waals surface area contributed by atoms with Crippen LogP contribution in [0.25, 0.3) is 0 Å². The normalized spacial score (nSPS) is 23.8. The molecule has 1 N–H and O–H groups in total. The molecule has 35 heavy (non-hydrogen) atoms. The molecule has 2 atom stereocenters. The Kier molecular flexibility index (Phi) is 5.90. The number of hydrogen-bond donors (Lipinski definition) is 1. The lowest BCUT2D eigenvalue weighted by atomic mass is 9.69. The number of nitrogens with one attached hydrogen (secondary N) is 1. The number of allylic oxidation sites excluding steroid dienone is 3. The lowest BCUT2D eigenvalue weighted by Gasteiger charge is -2.40. The highest BCUT2D eigenvalue weighted by molar-refractivity contribution is 5.85. The molecule has 2 aromatic carbocycles. The molecule has 0 saturated carbocycles. The Labute approximate surface area is 206 Å². The fourth-order valence-corrected chi connectivity index (χ4v) is 5.81. The fraction of sp³-hybridized carbons (Fsp3) is 0.345. The van der Waals surface area contributed by atoms with Gasteiger partial charge in [0.05, 0.1) is 32.2 Å². The lowest BCUT2D eigenvalue weighted by molar-refractivity contribution is 0.0962. The van der Waals surface area contributed by atoms with Gasteiger partial charge in [-0.3, -0.25) is 19.7 Å². The van der Waals surface area contributed by atoms with Crippen LogP contribution in [0.15, 0.2) is 89.3 Å². The first kappa shape index (κ1) is 22.1. The summed E-state index contributed by atoms with van der Waals surface area (Å²) in [5, 5.41) is 2.09. The van der Waals surface area contributed by atoms with Gasteiger partial charge >= 0.3 is 0 Å². The van der Waals surface area contributed by atoms with E-state index in [2.05, 4.69) is 87.2 Å². The van der Waals surface area contributed by atoms with Gasteiger partial charge in [-0.15, -0.1) is 0 Å². The molecule has 0 amide bonds. The molecule has 1 fully saturated rings. The molecule has 2 unspecified atom stereocenters. The number of benzene rings is 2. The monoisotopic (exact) mass is 470 g/mol. The number of rotatable bonds is 6. The standard InChI is InChI=1S/C29H31FN4O/c1-35-25-10-12-27-22(13-25)8-11-26(21-5-3-2-4-6-21)29(27)23-7-9-24-15-31-28(32-34(24)18-23)19-33-16-20(14-30)17-33/h2-7,9-10,12-13,15,18,20,26,29H,8,11,14,16-17,19H2,1H3,(H,31,32). The topological polar surface area (TPSA) is 40.1 Å². The molecular formula is C29H31FN4O. The number of aliphatic imine (C=N–C) groups is 1. The smallest absolute Gasteiger partial charge is 0.135 e. The number of nitrogens with zero attached hydrogens (tertiary/aromatic N) is 3. The van der Waals surface area contributed by atoms with Crippen molar-refractivity contribution in [3.63, 3.8) is 0 Å². The SMILES string of the molecule is COc1ccc2c(c1)CCC(c1ccccc1)C2C1=CN2NC(CN3CC(CF)C3)=NC=C2C=C1. The average molecular weight is 471 g/mol. The number of halogens is 1. The van der Waals surface area contributed by atoms with Crippen LogP contribution in [0.2, 0.25) is 0 Å². The van der Waals surface area contributed by atoms with Crippen LogP contribution in [0, 0.1) is 5.92 Å². The van der Waals surface area contributed by atoms with Gasteiger partial charge in [-0.05, 0) is 59.2 Å². The van der Waals surface area contributed by atoms with E-state index in [1.165, 1.54) is 22.3 Å². The van der Waals surface area contributed by atoms with Crippen molar-refractivity contribution in [2.45, 2.75) is 24.7 Å². The Morgan fingerprint density at radius 2 is 1.97 bits per heavy atom. The summed E-state index contributed by atoms with van der Waals surface area (Å²) >= 11 is 0. The zero-order valence-electron chi connectivity index (χ0n) is 20.0. The Balaban J connectivity index is 1.30. The molecular weight excluding hydrogens is 439 g/mol. The van der Waals surface area contributed by atoms with Crippen LogP contribution in [-0.2, 0) is 6.42 Å². The second-order valence-corrected chi connectivity index (χ2v) is 9.89. The maximum absolute atomic E-state index is 12.8. The lowest BCUT2D eigenvalue weighted by Crippen LogP contribution is -2.53. The molecule has 1 saturated heterocycles. The van der Waals surface area contributed by atoms with Crippen molar-refractivity contribution in [3.8, 4) is 5.75 Å². The summed E-state index contributed by atoms with van der Waals surface area (Å²) < 4.78 is 18.3. The molecule has 3 aliphatic heterocycles. The van der Waals surface area contributed by atoms with Crippen LogP contribution < -0.4 is 10.2 Å². The van der Waals surface area contributed by atoms with Crippen molar-refractivity contribution < 1.29 is 9.13 Å². The van der Waals surface area contributed by atoms with Crippen LogP contribution in [0.3, 0.4) is 0 Å². The number of fused-ring (bicyclic) bond motifs is 2. The highest BCUT2D eigenvalue weighted by Crippen LogP contribution is 2.48. The summed E-state index contributed by atoms with van der Waals surface area (Å²) in [6.45, 7) is 2.08. The van der Waals surface area contributed by atoms with E-state index < -0.39 is 0 Å². The van der Waals surface area contributed by atoms with E-state index in [0.29, 0.717) is 12.5 Å². The number of methoxy groups -OCH3 is 1. The van der Waals surface area contributed by atoms with E-state index in [9.17, 15) is 4.39 Å². The third-order valence-corrected chi connectivity index (χ3v) is 7.63. The zero-order chi connectivity index (χ0) is 23.8. The quantitative estimate of drug-likeness (QED) is 0.650. The Bertz CT molecular complexity index is 1210. The number of hydrazine groups is 1. The maximum atomic E-state index is 12.8. The fourth-order valence-electron chi connectivity index (χ4n) is 5.81. The van der Waals surface area contributed by atoms with Gasteiger partial charge in [0.1, 0.15) is 11.6 Å². The first-order valence-corrected chi connectivity index (χ1v) is 12.4. The summed E-state index contributed by atoms with van der Waals surface area (Å²) in [6, 6.07) is 17.4. The largest absolute Gasteiger partial charge is 0.497 e. The van der Waals surface area contributed by atoms with Crippen LogP contribution >= 0.6 is 0 Å². The highest BCUT2D eigenvalue weighted by Gasteiger charge is 2.35. The Hall–Kier alpha value is -3.38. The number of amidine groups is 1. The minimum atomic E-state index is -0.235. The minimum absolute atomic E-state index is 0.176. The minimum Gasteiger partial charge on any atom is -0.497 e. The predicted molar refractivity (Wildman–Crippen MR) is 137 cm³/mol. The van der Waals surface area contributed by atoms with Gasteiger partial charge < -0.3 is 4.74 Å². The molecule has 0 aromatic heterocycles. The number of hydrogen-bond acceptors (Lipinski definition) is 5. The number of aryl methyl sites for hydroxylation is 1. The van der Waals surface area contributed by atoms with Crippen molar-refractivity contribution in [1.29, 1.82) is 0 Å². The Morgan fingerprint density at radius 1 is 1.11 bits per heavy atom. The van der Waals surface area contributed by atoms with Crippen LogP contribution in [0.1, 0.15) is 34.9 Å². The summed E-state index contributed by atoms with van der Waals surface area (Å²) in [7, 11) is 1.73. The van der Waals surface area contributed by atoms with Crippen molar-refractivity contribution in [3.05, 3.63) is 101 Å². The summed E-state index contributed by atoms with van der Waals surface area (Å²) in [5.74, 6) is 2.63. The molecule has 5 nitrogen and oxygen atoms in total. The number of alkyl halides is 1. The van der Waals surface area contributed by atoms with Crippen LogP contribution in [0.5, 0.6) is 5.75 Å². The van der Waals surface area contributed by atoms with Gasteiger partial charge in [-0.25, -0.2) is 4.99 Å². The van der Waals surface area contributed by atoms with Gasteiger partial charge in [0.15, 0.2) is 0 Å². The van der Waals surface area contributed by atoms with E-state index in [1.807, 2.05) is 6.20 Å². The first-order valence-electron chi connectivity index (χ1n) is 12.4. The van der Waals surface area contributed by atoms with Crippen molar-refractivity contribution >= 4 is 5.84 Å². The van der Waals surface area contributed by atoms with E-state index in [4.69, 9.17) is 4.74 Å². The molecule has 3 heterocycles. The van der Waals surface area contributed by atoms with Crippen molar-refractivity contribution in [2.24, 2.45) is 10.9 Å². The van der Waals surface area contributed by atoms with Gasteiger partial charge in [-0.1, -0.05) is 42.5 Å². The highest BCUT2D eigenvalue weighted by atomic mass is 19.1. The van der Waals surface area contributed by atoms with Gasteiger partial charge in [0, 0.05) is 31.1 Å². The molecule has 4 aliphatic rings. The average Bonchev–Trinajstić information content (AvgIpc) is 2.89. The molecule has 6 heteroatoms. The van der Waals surface area contributed by atoms with Crippen LogP contribution in [0.4, 0.5) is 4.39 Å². The second kappa shape index (κ2) is 9.34. The maximum Gasteiger partial charge on any atom is 0.135 e. The zero-order valence-corrected chi connectivity index (χ0v) is 20.0. The summed E-state index contributed by atoms with van der Waals surface area (Å²) in [4.78, 5) is 6.85. The van der Waals surface area contributed by atoms with Gasteiger partial charge in [0.2, 0.25) is 0 Å². The summed E-state index contributed by atoms with van der Waals surface area (Å²) in [6.07, 6.45) is 10.7. The molecule has 2 aromatic rings. The number of ether oxygens (including phenoxy) is 1. The van der Waals surface area contributed by atoms with E-state index in [0.717, 1.165) is 43.2 Å². The van der Waals surface area contributed by atoms with E-state index in [-0.39, 0.29) is 18.5 Å². The van der Waals surface area contributed by atoms with Crippen molar-refractivity contribution in [1.82, 2.24) is 15.3 Å². The van der Waals surface area contributed by atoms with Crippen LogP contribution in [-0.4, -0.2) is 49.2 Å². The Morgan fingerprint density at radius 3 is 2.77 bits per heavy atom. The van der Waals surface area contributed by atoms with Gasteiger partial charge in [-0.2, -0.15) is 0 Å². The molecule has 180 valence electrons.